The molecule has 0 saturated carbocycles. The second-order valence-corrected chi connectivity index (χ2v) is 7.04. The first-order valence-corrected chi connectivity index (χ1v) is 9.98. The van der Waals surface area contributed by atoms with Crippen LogP contribution in [0.5, 0.6) is 0 Å². The van der Waals surface area contributed by atoms with Gasteiger partial charge in [-0.2, -0.15) is 0 Å². The summed E-state index contributed by atoms with van der Waals surface area (Å²) in [5, 5.41) is 3.42. The Morgan fingerprint density at radius 1 is 1.21 bits per heavy atom. The Labute approximate surface area is 165 Å². The summed E-state index contributed by atoms with van der Waals surface area (Å²) in [6.45, 7) is 5.06. The molecule has 5 nitrogen and oxygen atoms in total. The third-order valence-corrected chi connectivity index (χ3v) is 5.05. The van der Waals surface area contributed by atoms with E-state index >= 15 is 0 Å². The number of carbonyl (C=O) groups excluding carboxylic acids is 1. The second kappa shape index (κ2) is 10.3. The number of rotatable bonds is 9. The van der Waals surface area contributed by atoms with Crippen LogP contribution >= 0.6 is 0 Å². The SMILES string of the molecule is CCCCCNCCN1C(=O)COCC1c1cnccc1-c1ccc(F)cc1. The predicted octanol–water partition coefficient (Wildman–Crippen LogP) is 3.57. The van der Waals surface area contributed by atoms with E-state index in [2.05, 4.69) is 17.2 Å². The van der Waals surface area contributed by atoms with Crippen LogP contribution in [0.1, 0.15) is 37.8 Å². The molecule has 6 heteroatoms. The number of ether oxygens (including phenoxy) is 1. The minimum Gasteiger partial charge on any atom is -0.369 e. The van der Waals surface area contributed by atoms with E-state index in [-0.39, 0.29) is 24.4 Å². The standard InChI is InChI=1S/C22H28FN3O2/c1-2-3-4-10-24-12-13-26-21(15-28-16-22(26)27)20-14-25-11-9-19(20)17-5-7-18(23)8-6-17/h5-9,11,14,21,24H,2-4,10,12-13,15-16H2,1H3. The summed E-state index contributed by atoms with van der Waals surface area (Å²) < 4.78 is 18.9. The van der Waals surface area contributed by atoms with Gasteiger partial charge in [0.2, 0.25) is 5.91 Å². The lowest BCUT2D eigenvalue weighted by atomic mass is 9.95. The van der Waals surface area contributed by atoms with Crippen molar-refractivity contribution in [3.05, 3.63) is 54.1 Å². The second-order valence-electron chi connectivity index (χ2n) is 7.04. The van der Waals surface area contributed by atoms with Gasteiger partial charge in [-0.15, -0.1) is 0 Å². The lowest BCUT2D eigenvalue weighted by molar-refractivity contribution is -0.148. The fourth-order valence-electron chi connectivity index (χ4n) is 3.53. The van der Waals surface area contributed by atoms with E-state index in [1.165, 1.54) is 25.0 Å². The predicted molar refractivity (Wildman–Crippen MR) is 107 cm³/mol. The molecule has 2 heterocycles. The molecule has 1 aromatic carbocycles. The fourth-order valence-corrected chi connectivity index (χ4v) is 3.53. The van der Waals surface area contributed by atoms with Crippen LogP contribution in [0.3, 0.4) is 0 Å². The van der Waals surface area contributed by atoms with Gasteiger partial charge in [0.15, 0.2) is 0 Å². The molecule has 1 fully saturated rings. The van der Waals surface area contributed by atoms with Crippen LogP contribution in [0.15, 0.2) is 42.7 Å². The normalized spacial score (nSPS) is 17.1. The lowest BCUT2D eigenvalue weighted by Crippen LogP contribution is -2.47. The molecule has 2 aromatic rings. The zero-order valence-electron chi connectivity index (χ0n) is 16.4. The van der Waals surface area contributed by atoms with E-state index in [1.54, 1.807) is 24.5 Å². The average molecular weight is 385 g/mol. The minimum atomic E-state index is -0.272. The number of aromatic nitrogens is 1. The summed E-state index contributed by atoms with van der Waals surface area (Å²) in [7, 11) is 0. The van der Waals surface area contributed by atoms with E-state index in [0.717, 1.165) is 36.2 Å². The van der Waals surface area contributed by atoms with Crippen molar-refractivity contribution in [3.8, 4) is 11.1 Å². The molecule has 1 atom stereocenters. The first kappa shape index (κ1) is 20.4. The highest BCUT2D eigenvalue weighted by Crippen LogP contribution is 2.32. The molecule has 0 bridgehead atoms. The highest BCUT2D eigenvalue weighted by Gasteiger charge is 2.31. The van der Waals surface area contributed by atoms with Gasteiger partial charge in [-0.05, 0) is 42.3 Å². The summed E-state index contributed by atoms with van der Waals surface area (Å²) in [6.07, 6.45) is 7.05. The average Bonchev–Trinajstić information content (AvgIpc) is 2.72. The first-order valence-electron chi connectivity index (χ1n) is 9.98. The molecule has 1 saturated heterocycles. The molecule has 0 aliphatic carbocycles. The smallest absolute Gasteiger partial charge is 0.249 e. The maximum absolute atomic E-state index is 13.3. The number of hydrogen-bond donors (Lipinski definition) is 1. The van der Waals surface area contributed by atoms with Gasteiger partial charge in [0.25, 0.3) is 0 Å². The maximum atomic E-state index is 13.3. The van der Waals surface area contributed by atoms with Crippen LogP contribution in [0.2, 0.25) is 0 Å². The number of nitrogens with one attached hydrogen (secondary N) is 1. The molecule has 1 unspecified atom stereocenters. The number of benzene rings is 1. The van der Waals surface area contributed by atoms with Crippen molar-refractivity contribution in [1.29, 1.82) is 0 Å². The largest absolute Gasteiger partial charge is 0.369 e. The Hall–Kier alpha value is -2.31. The van der Waals surface area contributed by atoms with Crippen molar-refractivity contribution >= 4 is 5.91 Å². The summed E-state index contributed by atoms with van der Waals surface area (Å²) >= 11 is 0. The van der Waals surface area contributed by atoms with Crippen LogP contribution < -0.4 is 5.32 Å². The van der Waals surface area contributed by atoms with Gasteiger partial charge < -0.3 is 15.0 Å². The summed E-state index contributed by atoms with van der Waals surface area (Å²) in [4.78, 5) is 18.7. The van der Waals surface area contributed by atoms with Gasteiger partial charge in [-0.1, -0.05) is 31.9 Å². The third kappa shape index (κ3) is 5.14. The molecule has 28 heavy (non-hydrogen) atoms. The summed E-state index contributed by atoms with van der Waals surface area (Å²) in [6, 6.07) is 8.09. The van der Waals surface area contributed by atoms with Gasteiger partial charge in [-0.3, -0.25) is 9.78 Å². The van der Waals surface area contributed by atoms with E-state index in [1.807, 2.05) is 11.0 Å². The van der Waals surface area contributed by atoms with Gasteiger partial charge >= 0.3 is 0 Å². The molecule has 1 aliphatic heterocycles. The Kier molecular flexibility index (Phi) is 7.51. The van der Waals surface area contributed by atoms with E-state index in [9.17, 15) is 9.18 Å². The lowest BCUT2D eigenvalue weighted by Gasteiger charge is -2.36. The molecule has 150 valence electrons. The number of hydrogen-bond acceptors (Lipinski definition) is 4. The van der Waals surface area contributed by atoms with Crippen molar-refractivity contribution in [2.75, 3.05) is 32.8 Å². The van der Waals surface area contributed by atoms with Crippen molar-refractivity contribution in [2.45, 2.75) is 32.2 Å². The zero-order valence-corrected chi connectivity index (χ0v) is 16.4. The molecule has 0 radical (unpaired) electrons. The van der Waals surface area contributed by atoms with Crippen LogP contribution in [-0.2, 0) is 9.53 Å². The van der Waals surface area contributed by atoms with Crippen molar-refractivity contribution in [3.63, 3.8) is 0 Å². The molecular weight excluding hydrogens is 357 g/mol. The Bertz CT molecular complexity index is 767. The van der Waals surface area contributed by atoms with E-state index < -0.39 is 0 Å². The number of unbranched alkanes of at least 4 members (excludes halogenated alkanes) is 2. The van der Waals surface area contributed by atoms with E-state index in [0.29, 0.717) is 13.2 Å². The molecular formula is C22H28FN3O2. The number of morpholine rings is 1. The third-order valence-electron chi connectivity index (χ3n) is 5.05. The Balaban J connectivity index is 1.76. The van der Waals surface area contributed by atoms with Crippen molar-refractivity contribution in [2.24, 2.45) is 0 Å². The van der Waals surface area contributed by atoms with Crippen LogP contribution in [0, 0.1) is 5.82 Å². The summed E-state index contributed by atoms with van der Waals surface area (Å²) in [5.41, 5.74) is 2.77. The fraction of sp³-hybridized carbons (Fsp3) is 0.455. The Morgan fingerprint density at radius 3 is 2.82 bits per heavy atom. The number of carbonyl (C=O) groups is 1. The van der Waals surface area contributed by atoms with Crippen molar-refractivity contribution < 1.29 is 13.9 Å². The van der Waals surface area contributed by atoms with Crippen molar-refractivity contribution in [1.82, 2.24) is 15.2 Å². The molecule has 0 spiro atoms. The number of amides is 1. The number of halogens is 1. The van der Waals surface area contributed by atoms with Gasteiger partial charge in [0.1, 0.15) is 12.4 Å². The highest BCUT2D eigenvalue weighted by molar-refractivity contribution is 5.79. The first-order chi connectivity index (χ1) is 13.7. The van der Waals surface area contributed by atoms with Crippen LogP contribution in [0.4, 0.5) is 4.39 Å². The van der Waals surface area contributed by atoms with Gasteiger partial charge in [0.05, 0.1) is 12.6 Å². The number of pyridine rings is 1. The number of nitrogens with zero attached hydrogens (tertiary/aromatic N) is 2. The van der Waals surface area contributed by atoms with Crippen LogP contribution in [-0.4, -0.2) is 48.6 Å². The molecule has 1 amide bonds. The van der Waals surface area contributed by atoms with Gasteiger partial charge in [-0.25, -0.2) is 4.39 Å². The molecule has 3 rings (SSSR count). The van der Waals surface area contributed by atoms with Crippen LogP contribution in [0.25, 0.3) is 11.1 Å². The zero-order chi connectivity index (χ0) is 19.8. The van der Waals surface area contributed by atoms with E-state index in [4.69, 9.17) is 4.74 Å². The quantitative estimate of drug-likeness (QED) is 0.671. The molecule has 1 N–H and O–H groups in total. The van der Waals surface area contributed by atoms with Gasteiger partial charge in [0, 0.05) is 31.0 Å². The Morgan fingerprint density at radius 2 is 2.04 bits per heavy atom. The summed E-state index contributed by atoms with van der Waals surface area (Å²) in [5.74, 6) is -0.285. The topological polar surface area (TPSA) is 54.5 Å². The minimum absolute atomic E-state index is 0.0134. The molecule has 1 aromatic heterocycles. The monoisotopic (exact) mass is 385 g/mol. The highest BCUT2D eigenvalue weighted by atomic mass is 19.1. The molecule has 1 aliphatic rings. The maximum Gasteiger partial charge on any atom is 0.249 e.